The van der Waals surface area contributed by atoms with Crippen LogP contribution in [0, 0.1) is 27.7 Å². The molecule has 0 aliphatic rings. The van der Waals surface area contributed by atoms with Crippen LogP contribution in [0.1, 0.15) is 54.1 Å². The van der Waals surface area contributed by atoms with Crippen LogP contribution in [0.25, 0.3) is 0 Å². The summed E-state index contributed by atoms with van der Waals surface area (Å²) in [6.07, 6.45) is 0. The van der Waals surface area contributed by atoms with Gasteiger partial charge in [0, 0.05) is 22.3 Å². The minimum absolute atomic E-state index is 0.0910. The SMILES string of the molecule is Cc1cc(C)c(C)c(C(=O)c2ccccc2C(=O)c2ccccc2)c1C. The molecule has 0 aliphatic carbocycles. The lowest BCUT2D eigenvalue weighted by Crippen LogP contribution is -2.14. The first-order chi connectivity index (χ1) is 12.4. The van der Waals surface area contributed by atoms with E-state index >= 15 is 0 Å². The molecule has 26 heavy (non-hydrogen) atoms. The van der Waals surface area contributed by atoms with Gasteiger partial charge < -0.3 is 0 Å². The van der Waals surface area contributed by atoms with Gasteiger partial charge in [-0.2, -0.15) is 0 Å². The van der Waals surface area contributed by atoms with E-state index in [1.165, 1.54) is 0 Å². The van der Waals surface area contributed by atoms with Crippen LogP contribution >= 0.6 is 0 Å². The summed E-state index contributed by atoms with van der Waals surface area (Å²) in [6, 6.07) is 18.3. The Morgan fingerprint density at radius 2 is 1.08 bits per heavy atom. The summed E-state index contributed by atoms with van der Waals surface area (Å²) in [6.45, 7) is 7.96. The Balaban J connectivity index is 2.16. The monoisotopic (exact) mass is 342 g/mol. The van der Waals surface area contributed by atoms with E-state index in [2.05, 4.69) is 6.07 Å². The number of carbonyl (C=O) groups excluding carboxylic acids is 2. The number of ketones is 2. The van der Waals surface area contributed by atoms with Gasteiger partial charge in [-0.1, -0.05) is 60.7 Å². The molecule has 0 unspecified atom stereocenters. The van der Waals surface area contributed by atoms with Gasteiger partial charge in [0.1, 0.15) is 0 Å². The summed E-state index contributed by atoms with van der Waals surface area (Å²) in [5, 5.41) is 0. The second-order valence-corrected chi connectivity index (χ2v) is 6.71. The Labute approximate surface area is 154 Å². The molecule has 0 spiro atoms. The standard InChI is InChI=1S/C24H22O2/c1-15-14-16(2)18(4)22(17(15)3)24(26)21-13-9-8-12-20(21)23(25)19-10-6-5-7-11-19/h5-14H,1-4H3. The van der Waals surface area contributed by atoms with Crippen LogP contribution < -0.4 is 0 Å². The van der Waals surface area contributed by atoms with Crippen molar-refractivity contribution in [2.75, 3.05) is 0 Å². The van der Waals surface area contributed by atoms with E-state index in [9.17, 15) is 9.59 Å². The maximum Gasteiger partial charge on any atom is 0.194 e. The molecule has 0 radical (unpaired) electrons. The zero-order chi connectivity index (χ0) is 18.8. The number of rotatable bonds is 4. The highest BCUT2D eigenvalue weighted by molar-refractivity contribution is 6.20. The number of aryl methyl sites for hydroxylation is 2. The van der Waals surface area contributed by atoms with Crippen LogP contribution in [0.4, 0.5) is 0 Å². The average molecular weight is 342 g/mol. The van der Waals surface area contributed by atoms with Crippen LogP contribution in [-0.2, 0) is 0 Å². The minimum Gasteiger partial charge on any atom is -0.289 e. The molecular formula is C24H22O2. The van der Waals surface area contributed by atoms with Gasteiger partial charge in [0.15, 0.2) is 11.6 Å². The van der Waals surface area contributed by atoms with Crippen molar-refractivity contribution in [3.63, 3.8) is 0 Å². The molecule has 3 aromatic carbocycles. The predicted molar refractivity (Wildman–Crippen MR) is 105 cm³/mol. The Morgan fingerprint density at radius 1 is 0.615 bits per heavy atom. The number of hydrogen-bond acceptors (Lipinski definition) is 2. The fourth-order valence-corrected chi connectivity index (χ4v) is 3.32. The Bertz CT molecular complexity index is 972. The van der Waals surface area contributed by atoms with Gasteiger partial charge in [0.2, 0.25) is 0 Å². The van der Waals surface area contributed by atoms with Crippen molar-refractivity contribution in [2.45, 2.75) is 27.7 Å². The van der Waals surface area contributed by atoms with Gasteiger partial charge in [-0.3, -0.25) is 9.59 Å². The maximum absolute atomic E-state index is 13.4. The Morgan fingerprint density at radius 3 is 1.62 bits per heavy atom. The molecule has 0 aliphatic heterocycles. The molecule has 0 aromatic heterocycles. The Kier molecular flexibility index (Phi) is 4.85. The number of benzene rings is 3. The second-order valence-electron chi connectivity index (χ2n) is 6.71. The van der Waals surface area contributed by atoms with Gasteiger partial charge in [-0.25, -0.2) is 0 Å². The molecule has 2 heteroatoms. The quantitative estimate of drug-likeness (QED) is 0.596. The van der Waals surface area contributed by atoms with Crippen molar-refractivity contribution >= 4 is 11.6 Å². The van der Waals surface area contributed by atoms with E-state index in [-0.39, 0.29) is 11.6 Å². The van der Waals surface area contributed by atoms with Gasteiger partial charge in [0.25, 0.3) is 0 Å². The highest BCUT2D eigenvalue weighted by Gasteiger charge is 2.22. The highest BCUT2D eigenvalue weighted by Crippen LogP contribution is 2.26. The van der Waals surface area contributed by atoms with Gasteiger partial charge >= 0.3 is 0 Å². The van der Waals surface area contributed by atoms with Crippen LogP contribution in [0.15, 0.2) is 60.7 Å². The first kappa shape index (κ1) is 17.8. The highest BCUT2D eigenvalue weighted by atomic mass is 16.1. The molecule has 0 amide bonds. The zero-order valence-corrected chi connectivity index (χ0v) is 15.6. The average Bonchev–Trinajstić information content (AvgIpc) is 2.66. The molecule has 3 rings (SSSR count). The lowest BCUT2D eigenvalue weighted by atomic mass is 9.86. The Hall–Kier alpha value is -3.00. The predicted octanol–water partition coefficient (Wildman–Crippen LogP) is 5.38. The van der Waals surface area contributed by atoms with Crippen LogP contribution in [0.2, 0.25) is 0 Å². The van der Waals surface area contributed by atoms with E-state index in [4.69, 9.17) is 0 Å². The summed E-state index contributed by atoms with van der Waals surface area (Å²) < 4.78 is 0. The van der Waals surface area contributed by atoms with Crippen LogP contribution in [0.3, 0.4) is 0 Å². The van der Waals surface area contributed by atoms with Gasteiger partial charge in [0.05, 0.1) is 0 Å². The number of carbonyl (C=O) groups is 2. The van der Waals surface area contributed by atoms with Crippen LogP contribution in [0.5, 0.6) is 0 Å². The molecule has 0 fully saturated rings. The molecule has 0 saturated carbocycles. The van der Waals surface area contributed by atoms with Crippen molar-refractivity contribution in [3.05, 3.63) is 105 Å². The molecular weight excluding hydrogens is 320 g/mol. The molecule has 3 aromatic rings. The summed E-state index contributed by atoms with van der Waals surface area (Å²) >= 11 is 0. The third-order valence-electron chi connectivity index (χ3n) is 5.05. The normalized spacial score (nSPS) is 10.6. The molecule has 0 bridgehead atoms. The van der Waals surface area contributed by atoms with Gasteiger partial charge in [-0.05, 0) is 49.9 Å². The molecule has 0 N–H and O–H groups in total. The molecule has 0 saturated heterocycles. The van der Waals surface area contributed by atoms with E-state index in [0.29, 0.717) is 22.3 Å². The lowest BCUT2D eigenvalue weighted by molar-refractivity contribution is 0.100. The third kappa shape index (κ3) is 3.11. The van der Waals surface area contributed by atoms with E-state index in [1.807, 2.05) is 52.0 Å². The first-order valence-corrected chi connectivity index (χ1v) is 8.72. The summed E-state index contributed by atoms with van der Waals surface area (Å²) in [5.74, 6) is -0.221. The lowest BCUT2D eigenvalue weighted by Gasteiger charge is -2.16. The second kappa shape index (κ2) is 7.09. The van der Waals surface area contributed by atoms with Crippen molar-refractivity contribution in [1.82, 2.24) is 0 Å². The third-order valence-corrected chi connectivity index (χ3v) is 5.05. The van der Waals surface area contributed by atoms with Gasteiger partial charge in [-0.15, -0.1) is 0 Å². The molecule has 0 heterocycles. The first-order valence-electron chi connectivity index (χ1n) is 8.72. The van der Waals surface area contributed by atoms with E-state index in [0.717, 1.165) is 22.3 Å². The zero-order valence-electron chi connectivity index (χ0n) is 15.6. The minimum atomic E-state index is -0.130. The smallest absolute Gasteiger partial charge is 0.194 e. The number of hydrogen-bond donors (Lipinski definition) is 0. The van der Waals surface area contributed by atoms with Crippen molar-refractivity contribution in [1.29, 1.82) is 0 Å². The molecule has 0 atom stereocenters. The molecule has 2 nitrogen and oxygen atoms in total. The van der Waals surface area contributed by atoms with E-state index in [1.54, 1.807) is 30.3 Å². The summed E-state index contributed by atoms with van der Waals surface area (Å²) in [5.41, 5.74) is 6.31. The van der Waals surface area contributed by atoms with E-state index < -0.39 is 0 Å². The summed E-state index contributed by atoms with van der Waals surface area (Å²) in [7, 11) is 0. The van der Waals surface area contributed by atoms with Crippen molar-refractivity contribution in [2.24, 2.45) is 0 Å². The fourth-order valence-electron chi connectivity index (χ4n) is 3.32. The maximum atomic E-state index is 13.4. The summed E-state index contributed by atoms with van der Waals surface area (Å²) in [4.78, 5) is 26.4. The van der Waals surface area contributed by atoms with Crippen molar-refractivity contribution in [3.8, 4) is 0 Å². The largest absolute Gasteiger partial charge is 0.289 e. The van der Waals surface area contributed by atoms with Crippen LogP contribution in [-0.4, -0.2) is 11.6 Å². The van der Waals surface area contributed by atoms with Crippen molar-refractivity contribution < 1.29 is 9.59 Å². The molecule has 130 valence electrons. The topological polar surface area (TPSA) is 34.1 Å². The fraction of sp³-hybridized carbons (Fsp3) is 0.167.